The zero-order valence-corrected chi connectivity index (χ0v) is 16.3. The second-order valence-corrected chi connectivity index (χ2v) is 7.47. The Morgan fingerprint density at radius 3 is 2.43 bits per heavy atom. The Hall–Kier alpha value is -2.69. The second kappa shape index (κ2) is 7.53. The molecule has 0 unspecified atom stereocenters. The van der Waals surface area contributed by atoms with E-state index in [1.165, 1.54) is 12.1 Å². The third-order valence-electron chi connectivity index (χ3n) is 5.29. The first-order valence-corrected chi connectivity index (χ1v) is 9.39. The summed E-state index contributed by atoms with van der Waals surface area (Å²) in [5.41, 5.74) is 0.691. The van der Waals surface area contributed by atoms with Gasteiger partial charge in [-0.3, -0.25) is 4.79 Å². The van der Waals surface area contributed by atoms with E-state index in [-0.39, 0.29) is 22.5 Å². The van der Waals surface area contributed by atoms with Gasteiger partial charge in [0.05, 0.1) is 17.4 Å². The van der Waals surface area contributed by atoms with Crippen molar-refractivity contribution in [1.29, 1.82) is 0 Å². The van der Waals surface area contributed by atoms with E-state index in [9.17, 15) is 30.3 Å². The van der Waals surface area contributed by atoms with Gasteiger partial charge in [-0.1, -0.05) is 6.07 Å². The monoisotopic (exact) mass is 418 g/mol. The predicted molar refractivity (Wildman–Crippen MR) is 106 cm³/mol. The Balaban J connectivity index is 1.79. The first kappa shape index (κ1) is 20.6. The first-order chi connectivity index (χ1) is 14.2. The van der Waals surface area contributed by atoms with Crippen LogP contribution in [0.5, 0.6) is 11.5 Å². The highest BCUT2D eigenvalue weighted by molar-refractivity contribution is 6.09. The summed E-state index contributed by atoms with van der Waals surface area (Å²) in [7, 11) is 0. The van der Waals surface area contributed by atoms with E-state index in [0.717, 1.165) is 0 Å². The molecule has 160 valence electrons. The summed E-state index contributed by atoms with van der Waals surface area (Å²) >= 11 is 0. The number of benzene rings is 2. The van der Waals surface area contributed by atoms with Crippen LogP contribution < -0.4 is 10.2 Å². The molecule has 0 bridgehead atoms. The maximum absolute atomic E-state index is 12.4. The Labute approximate surface area is 170 Å². The number of phenolic OH excluding ortho intramolecular Hbond substituents is 1. The molecule has 0 spiro atoms. The third kappa shape index (κ3) is 3.30. The predicted octanol–water partition coefficient (Wildman–Crippen LogP) is 0.447. The normalized spacial score (nSPS) is 26.9. The van der Waals surface area contributed by atoms with Crippen LogP contribution in [0.3, 0.4) is 0 Å². The number of hydrogen-bond donors (Lipinski definition) is 5. The molecule has 4 rings (SSSR count). The lowest BCUT2D eigenvalue weighted by molar-refractivity contribution is -0.277. The van der Waals surface area contributed by atoms with Gasteiger partial charge in [0.25, 0.3) is 0 Å². The van der Waals surface area contributed by atoms with E-state index in [2.05, 4.69) is 0 Å². The number of aromatic hydroxyl groups is 1. The van der Waals surface area contributed by atoms with Gasteiger partial charge in [-0.2, -0.15) is 0 Å². The number of hydrogen-bond acceptors (Lipinski definition) is 9. The molecule has 5 N–H and O–H groups in total. The van der Waals surface area contributed by atoms with E-state index in [1.54, 1.807) is 26.0 Å². The molecule has 3 aromatic rings. The van der Waals surface area contributed by atoms with Gasteiger partial charge < -0.3 is 39.4 Å². The van der Waals surface area contributed by atoms with Crippen LogP contribution in [-0.2, 0) is 4.74 Å². The van der Waals surface area contributed by atoms with Crippen LogP contribution in [0, 0.1) is 13.8 Å². The molecule has 1 aliphatic rings. The molecule has 2 heterocycles. The molecule has 0 saturated carbocycles. The zero-order valence-electron chi connectivity index (χ0n) is 16.3. The first-order valence-electron chi connectivity index (χ1n) is 9.39. The minimum absolute atomic E-state index is 0.109. The van der Waals surface area contributed by atoms with E-state index >= 15 is 0 Å². The average molecular weight is 418 g/mol. The standard InChI is InChI=1S/C21H22O9/c1-8-3-10-5-11(29-21-19(27)18(26)17(25)14(7-22)30-21)6-13(24)16(10)20-15(8)12(23)4-9(2)28-20/h3-6,14,17-19,21-22,24-27H,7H2,1-2H3/t14-,17+,18+,19+,21+/m0/s1. The van der Waals surface area contributed by atoms with Gasteiger partial charge in [0.1, 0.15) is 47.3 Å². The quantitative estimate of drug-likeness (QED) is 0.382. The summed E-state index contributed by atoms with van der Waals surface area (Å²) in [6.07, 6.45) is -7.18. The SMILES string of the molecule is Cc1cc(=O)c2c(C)cc3cc(O[C@@H]4O[C@@H](CO)[C@@H](O)[C@@H](O)[C@H]4O)cc(O)c3c2o1. The van der Waals surface area contributed by atoms with Crippen molar-refractivity contribution >= 4 is 21.7 Å². The molecule has 1 aliphatic heterocycles. The van der Waals surface area contributed by atoms with Crippen molar-refractivity contribution in [3.8, 4) is 11.5 Å². The molecule has 5 atom stereocenters. The third-order valence-corrected chi connectivity index (χ3v) is 5.29. The summed E-state index contributed by atoms with van der Waals surface area (Å²) < 4.78 is 16.7. The van der Waals surface area contributed by atoms with Crippen LogP contribution in [0.15, 0.2) is 33.5 Å². The number of aliphatic hydroxyl groups is 4. The minimum atomic E-state index is -1.58. The van der Waals surface area contributed by atoms with Crippen LogP contribution in [0.4, 0.5) is 0 Å². The van der Waals surface area contributed by atoms with Crippen LogP contribution >= 0.6 is 0 Å². The van der Waals surface area contributed by atoms with Crippen molar-refractivity contribution in [2.75, 3.05) is 6.61 Å². The van der Waals surface area contributed by atoms with E-state index in [1.807, 2.05) is 0 Å². The van der Waals surface area contributed by atoms with Crippen LogP contribution in [0.1, 0.15) is 11.3 Å². The molecule has 1 aromatic heterocycles. The fraction of sp³-hybridized carbons (Fsp3) is 0.381. The lowest BCUT2D eigenvalue weighted by Crippen LogP contribution is -2.60. The Kier molecular flexibility index (Phi) is 5.16. The maximum Gasteiger partial charge on any atom is 0.229 e. The number of aliphatic hydroxyl groups excluding tert-OH is 4. The molecule has 9 nitrogen and oxygen atoms in total. The molecular weight excluding hydrogens is 396 g/mol. The molecular formula is C21H22O9. The van der Waals surface area contributed by atoms with E-state index < -0.39 is 37.3 Å². The van der Waals surface area contributed by atoms with Crippen LogP contribution in [0.25, 0.3) is 21.7 Å². The number of phenols is 1. The smallest absolute Gasteiger partial charge is 0.229 e. The molecule has 1 fully saturated rings. The number of aryl methyl sites for hydroxylation is 2. The molecule has 9 heteroatoms. The van der Waals surface area contributed by atoms with Crippen molar-refractivity contribution in [2.24, 2.45) is 0 Å². The molecule has 30 heavy (non-hydrogen) atoms. The molecule has 1 saturated heterocycles. The van der Waals surface area contributed by atoms with Gasteiger partial charge >= 0.3 is 0 Å². The second-order valence-electron chi connectivity index (χ2n) is 7.47. The van der Waals surface area contributed by atoms with Crippen LogP contribution in [0.2, 0.25) is 0 Å². The summed E-state index contributed by atoms with van der Waals surface area (Å²) in [6, 6.07) is 5.91. The molecule has 0 aliphatic carbocycles. The van der Waals surface area contributed by atoms with Gasteiger partial charge in [0.15, 0.2) is 5.43 Å². The molecule has 0 amide bonds. The van der Waals surface area contributed by atoms with Gasteiger partial charge in [0, 0.05) is 12.1 Å². The molecule has 0 radical (unpaired) electrons. The number of rotatable bonds is 3. The van der Waals surface area contributed by atoms with Crippen molar-refractivity contribution in [3.63, 3.8) is 0 Å². The molecule has 2 aromatic carbocycles. The van der Waals surface area contributed by atoms with Crippen LogP contribution in [-0.4, -0.2) is 62.8 Å². The highest BCUT2D eigenvalue weighted by atomic mass is 16.7. The lowest BCUT2D eigenvalue weighted by atomic mass is 9.99. The highest BCUT2D eigenvalue weighted by Gasteiger charge is 2.44. The Bertz CT molecular complexity index is 1170. The number of fused-ring (bicyclic) bond motifs is 3. The summed E-state index contributed by atoms with van der Waals surface area (Å²) in [5.74, 6) is 0.296. The van der Waals surface area contributed by atoms with Gasteiger partial charge in [-0.15, -0.1) is 0 Å². The van der Waals surface area contributed by atoms with Crippen molar-refractivity contribution in [2.45, 2.75) is 44.6 Å². The maximum atomic E-state index is 12.4. The largest absolute Gasteiger partial charge is 0.507 e. The van der Waals surface area contributed by atoms with Gasteiger partial charge in [-0.25, -0.2) is 0 Å². The topological polar surface area (TPSA) is 150 Å². The highest BCUT2D eigenvalue weighted by Crippen LogP contribution is 2.37. The van der Waals surface area contributed by atoms with E-state index in [4.69, 9.17) is 13.9 Å². The summed E-state index contributed by atoms with van der Waals surface area (Å²) in [4.78, 5) is 12.4. The Morgan fingerprint density at radius 1 is 1.00 bits per heavy atom. The van der Waals surface area contributed by atoms with Crippen molar-refractivity contribution in [3.05, 3.63) is 45.8 Å². The summed E-state index contributed by atoms with van der Waals surface area (Å²) in [5, 5.41) is 51.1. The minimum Gasteiger partial charge on any atom is -0.507 e. The average Bonchev–Trinajstić information content (AvgIpc) is 2.67. The Morgan fingerprint density at radius 2 is 1.73 bits per heavy atom. The fourth-order valence-corrected chi connectivity index (χ4v) is 3.82. The fourth-order valence-electron chi connectivity index (χ4n) is 3.82. The van der Waals surface area contributed by atoms with Gasteiger partial charge in [0.2, 0.25) is 6.29 Å². The van der Waals surface area contributed by atoms with E-state index in [0.29, 0.717) is 27.5 Å². The number of ether oxygens (including phenoxy) is 2. The zero-order chi connectivity index (χ0) is 21.7. The van der Waals surface area contributed by atoms with Crippen molar-refractivity contribution in [1.82, 2.24) is 0 Å². The lowest BCUT2D eigenvalue weighted by Gasteiger charge is -2.39. The van der Waals surface area contributed by atoms with Gasteiger partial charge in [-0.05, 0) is 30.9 Å². The van der Waals surface area contributed by atoms with Crippen molar-refractivity contribution < 1.29 is 39.4 Å². The summed E-state index contributed by atoms with van der Waals surface area (Å²) in [6.45, 7) is 2.80.